The number of anilines is 3. The summed E-state index contributed by atoms with van der Waals surface area (Å²) in [4.78, 5) is 2.48. The Bertz CT molecular complexity index is 3300. The molecule has 1 heterocycles. The number of rotatable bonds is 8. The summed E-state index contributed by atoms with van der Waals surface area (Å²) in [5, 5.41) is 4.82. The number of para-hydroxylation sites is 1. The fourth-order valence-electron chi connectivity index (χ4n) is 8.99. The molecular weight excluding hydrogens is 725 g/mol. The molecule has 0 atom stereocenters. The zero-order valence-electron chi connectivity index (χ0n) is 33.0. The molecule has 11 aromatic rings. The minimum absolute atomic E-state index is 1.08. The molecule has 11 rings (SSSR count). The van der Waals surface area contributed by atoms with Crippen molar-refractivity contribution in [2.75, 3.05) is 4.90 Å². The molecule has 60 heavy (non-hydrogen) atoms. The molecule has 0 radical (unpaired) electrons. The van der Waals surface area contributed by atoms with E-state index in [-0.39, 0.29) is 0 Å². The largest absolute Gasteiger partial charge is 0.309 e. The van der Waals surface area contributed by atoms with Crippen LogP contribution in [0.1, 0.15) is 0 Å². The Labute approximate surface area is 350 Å². The quantitative estimate of drug-likeness (QED) is 0.150. The molecule has 2 nitrogen and oxygen atoms in total. The average Bonchev–Trinajstić information content (AvgIpc) is 3.66. The van der Waals surface area contributed by atoms with Crippen molar-refractivity contribution in [2.24, 2.45) is 0 Å². The molecule has 282 valence electrons. The maximum atomic E-state index is 2.48. The van der Waals surface area contributed by atoms with Crippen LogP contribution in [0.25, 0.3) is 82.8 Å². The molecule has 2 heteroatoms. The van der Waals surface area contributed by atoms with E-state index in [1.54, 1.807) is 0 Å². The molecule has 0 spiro atoms. The van der Waals surface area contributed by atoms with E-state index >= 15 is 0 Å². The highest BCUT2D eigenvalue weighted by Gasteiger charge is 2.22. The second-order valence-corrected chi connectivity index (χ2v) is 15.3. The first kappa shape index (κ1) is 35.2. The Kier molecular flexibility index (Phi) is 8.87. The summed E-state index contributed by atoms with van der Waals surface area (Å²) < 4.78 is 2.45. The summed E-state index contributed by atoms with van der Waals surface area (Å²) in [6.07, 6.45) is 0. The van der Waals surface area contributed by atoms with Crippen molar-refractivity contribution in [3.63, 3.8) is 0 Å². The third-order valence-corrected chi connectivity index (χ3v) is 11.8. The van der Waals surface area contributed by atoms with Gasteiger partial charge in [0, 0.05) is 33.1 Å². The van der Waals surface area contributed by atoms with E-state index < -0.39 is 0 Å². The van der Waals surface area contributed by atoms with Gasteiger partial charge in [-0.15, -0.1) is 0 Å². The van der Waals surface area contributed by atoms with Crippen molar-refractivity contribution in [3.8, 4) is 50.2 Å². The Morgan fingerprint density at radius 2 is 0.850 bits per heavy atom. The molecule has 0 saturated heterocycles. The van der Waals surface area contributed by atoms with Gasteiger partial charge in [0.2, 0.25) is 0 Å². The predicted molar refractivity (Wildman–Crippen MR) is 255 cm³/mol. The number of hydrogen-bond acceptors (Lipinski definition) is 1. The lowest BCUT2D eigenvalue weighted by Gasteiger charge is -2.30. The molecule has 0 aliphatic rings. The van der Waals surface area contributed by atoms with Crippen molar-refractivity contribution in [3.05, 3.63) is 243 Å². The lowest BCUT2D eigenvalue weighted by molar-refractivity contribution is 1.18. The van der Waals surface area contributed by atoms with Crippen LogP contribution in [0.2, 0.25) is 0 Å². The Hall–Kier alpha value is -7.94. The molecule has 0 saturated carbocycles. The summed E-state index contributed by atoms with van der Waals surface area (Å²) in [6.45, 7) is 0. The van der Waals surface area contributed by atoms with Crippen LogP contribution in [0.15, 0.2) is 243 Å². The fraction of sp³-hybridized carbons (Fsp3) is 0. The second kappa shape index (κ2) is 15.1. The molecular formula is C58H40N2. The summed E-state index contributed by atoms with van der Waals surface area (Å²) in [5.74, 6) is 0. The third kappa shape index (κ3) is 6.23. The number of fused-ring (bicyclic) bond motifs is 4. The highest BCUT2D eigenvalue weighted by atomic mass is 15.1. The standard InChI is InChI=1S/C58H40N2/c1-4-18-41(19-5-1)45-34-36-52(43-22-8-3-9-23-43)57(39-45)60(55-33-17-25-44-24-10-11-30-51(44)55)48-35-37-54-53-31-14-15-32-56(53)59(58(54)40-48)47-27-16-26-46(38-47)50-29-13-12-28-49(50)42-20-6-2-7-21-42/h1-40H. The van der Waals surface area contributed by atoms with Gasteiger partial charge in [-0.1, -0.05) is 200 Å². The Morgan fingerprint density at radius 1 is 0.283 bits per heavy atom. The summed E-state index contributed by atoms with van der Waals surface area (Å²) in [6, 6.07) is 88.0. The zero-order chi connectivity index (χ0) is 39.8. The lowest BCUT2D eigenvalue weighted by Crippen LogP contribution is -2.12. The van der Waals surface area contributed by atoms with Crippen molar-refractivity contribution < 1.29 is 0 Å². The van der Waals surface area contributed by atoms with Gasteiger partial charge in [0.25, 0.3) is 0 Å². The van der Waals surface area contributed by atoms with Gasteiger partial charge in [-0.2, -0.15) is 0 Å². The van der Waals surface area contributed by atoms with Crippen molar-refractivity contribution in [2.45, 2.75) is 0 Å². The molecule has 0 aliphatic carbocycles. The van der Waals surface area contributed by atoms with E-state index in [0.717, 1.165) is 33.8 Å². The molecule has 0 N–H and O–H groups in total. The van der Waals surface area contributed by atoms with E-state index in [1.807, 2.05) is 0 Å². The normalized spacial score (nSPS) is 11.3. The highest BCUT2D eigenvalue weighted by molar-refractivity contribution is 6.11. The molecule has 1 aromatic heterocycles. The van der Waals surface area contributed by atoms with Gasteiger partial charge >= 0.3 is 0 Å². The smallest absolute Gasteiger partial charge is 0.0561 e. The van der Waals surface area contributed by atoms with E-state index in [2.05, 4.69) is 252 Å². The minimum atomic E-state index is 1.08. The van der Waals surface area contributed by atoms with Crippen LogP contribution in [0.5, 0.6) is 0 Å². The zero-order valence-corrected chi connectivity index (χ0v) is 33.0. The number of hydrogen-bond donors (Lipinski definition) is 0. The number of benzene rings is 10. The van der Waals surface area contributed by atoms with Crippen molar-refractivity contribution >= 4 is 49.6 Å². The molecule has 0 aliphatic heterocycles. The van der Waals surface area contributed by atoms with Crippen molar-refractivity contribution in [1.29, 1.82) is 0 Å². The molecule has 0 amide bonds. The maximum absolute atomic E-state index is 2.48. The topological polar surface area (TPSA) is 8.17 Å². The van der Waals surface area contributed by atoms with Gasteiger partial charge < -0.3 is 9.47 Å². The highest BCUT2D eigenvalue weighted by Crippen LogP contribution is 2.47. The van der Waals surface area contributed by atoms with Crippen LogP contribution in [0.3, 0.4) is 0 Å². The molecule has 0 fully saturated rings. The average molecular weight is 765 g/mol. The lowest BCUT2D eigenvalue weighted by atomic mass is 9.94. The van der Waals surface area contributed by atoms with Gasteiger partial charge in [0.05, 0.1) is 22.4 Å². The van der Waals surface area contributed by atoms with E-state index in [4.69, 9.17) is 0 Å². The maximum Gasteiger partial charge on any atom is 0.0561 e. The summed E-state index contributed by atoms with van der Waals surface area (Å²) >= 11 is 0. The predicted octanol–water partition coefficient (Wildman–Crippen LogP) is 16.1. The van der Waals surface area contributed by atoms with Crippen LogP contribution in [0, 0.1) is 0 Å². The van der Waals surface area contributed by atoms with E-state index in [1.165, 1.54) is 66.0 Å². The first-order valence-electron chi connectivity index (χ1n) is 20.6. The van der Waals surface area contributed by atoms with Gasteiger partial charge in [0.1, 0.15) is 0 Å². The van der Waals surface area contributed by atoms with Gasteiger partial charge in [-0.25, -0.2) is 0 Å². The van der Waals surface area contributed by atoms with Crippen LogP contribution in [0.4, 0.5) is 17.1 Å². The Balaban J connectivity index is 1.17. The van der Waals surface area contributed by atoms with Crippen molar-refractivity contribution in [1.82, 2.24) is 4.57 Å². The molecule has 10 aromatic carbocycles. The number of nitrogens with zero attached hydrogens (tertiary/aromatic N) is 2. The van der Waals surface area contributed by atoms with E-state index in [0.29, 0.717) is 0 Å². The van der Waals surface area contributed by atoms with Crippen LogP contribution in [-0.4, -0.2) is 4.57 Å². The van der Waals surface area contributed by atoms with Gasteiger partial charge in [-0.3, -0.25) is 0 Å². The first-order chi connectivity index (χ1) is 29.8. The second-order valence-electron chi connectivity index (χ2n) is 15.3. The Morgan fingerprint density at radius 3 is 1.62 bits per heavy atom. The fourth-order valence-corrected chi connectivity index (χ4v) is 8.99. The SMILES string of the molecule is c1ccc(-c2ccc(-c3ccccc3)c(N(c3ccc4c5ccccc5n(-c5cccc(-c6ccccc6-c6ccccc6)c5)c4c3)c3cccc4ccccc34)c2)cc1. The van der Waals surface area contributed by atoms with Gasteiger partial charge in [-0.05, 0) is 86.8 Å². The van der Waals surface area contributed by atoms with Crippen LogP contribution >= 0.6 is 0 Å². The monoisotopic (exact) mass is 764 g/mol. The summed E-state index contributed by atoms with van der Waals surface area (Å²) in [7, 11) is 0. The third-order valence-electron chi connectivity index (χ3n) is 11.8. The van der Waals surface area contributed by atoms with Crippen LogP contribution in [-0.2, 0) is 0 Å². The summed E-state index contributed by atoms with van der Waals surface area (Å²) in [5.41, 5.74) is 16.2. The molecule has 0 bridgehead atoms. The molecule has 0 unspecified atom stereocenters. The first-order valence-corrected chi connectivity index (χ1v) is 20.6. The van der Waals surface area contributed by atoms with E-state index in [9.17, 15) is 0 Å². The number of aromatic nitrogens is 1. The van der Waals surface area contributed by atoms with Gasteiger partial charge in [0.15, 0.2) is 0 Å². The van der Waals surface area contributed by atoms with Crippen LogP contribution < -0.4 is 4.90 Å². The minimum Gasteiger partial charge on any atom is -0.309 e.